The number of anilines is 1. The minimum Gasteiger partial charge on any atom is -0.352 e. The lowest BCUT2D eigenvalue weighted by Crippen LogP contribution is -2.53. The molecule has 0 heterocycles. The minimum absolute atomic E-state index is 0.0877. The number of nitrogens with one attached hydrogen (secondary N) is 1. The van der Waals surface area contributed by atoms with E-state index in [1.807, 2.05) is 44.2 Å². The van der Waals surface area contributed by atoms with Crippen molar-refractivity contribution in [1.82, 2.24) is 10.2 Å². The molecule has 180 valence electrons. The molecular weight excluding hydrogens is 462 g/mol. The highest BCUT2D eigenvalue weighted by Crippen LogP contribution is 2.26. The van der Waals surface area contributed by atoms with Gasteiger partial charge in [0, 0.05) is 17.6 Å². The van der Waals surface area contributed by atoms with E-state index in [1.54, 1.807) is 32.0 Å². The highest BCUT2D eigenvalue weighted by atomic mass is 35.5. The number of aryl methyl sites for hydroxylation is 1. The Morgan fingerprint density at radius 3 is 2.24 bits per heavy atom. The SMILES string of the molecule is Cc1cc(Cl)ccc1N(CC(=O)N(CCc1ccccc1)C(C)C(=O)NC(C)C)S(C)(=O)=O. The van der Waals surface area contributed by atoms with Gasteiger partial charge in [-0.05, 0) is 63.4 Å². The molecule has 2 rings (SSSR count). The molecule has 0 saturated carbocycles. The fourth-order valence-electron chi connectivity index (χ4n) is 3.47. The van der Waals surface area contributed by atoms with Crippen LogP contribution >= 0.6 is 11.6 Å². The summed E-state index contributed by atoms with van der Waals surface area (Å²) in [4.78, 5) is 27.6. The number of hydrogen-bond donors (Lipinski definition) is 1. The van der Waals surface area contributed by atoms with Crippen molar-refractivity contribution in [1.29, 1.82) is 0 Å². The van der Waals surface area contributed by atoms with E-state index < -0.39 is 28.5 Å². The third-order valence-electron chi connectivity index (χ3n) is 5.19. The van der Waals surface area contributed by atoms with Crippen molar-refractivity contribution < 1.29 is 18.0 Å². The van der Waals surface area contributed by atoms with Crippen molar-refractivity contribution in [3.63, 3.8) is 0 Å². The summed E-state index contributed by atoms with van der Waals surface area (Å²) in [6.07, 6.45) is 1.59. The number of amides is 2. The molecule has 0 radical (unpaired) electrons. The van der Waals surface area contributed by atoms with Gasteiger partial charge in [0.1, 0.15) is 12.6 Å². The highest BCUT2D eigenvalue weighted by molar-refractivity contribution is 7.92. The molecule has 0 fully saturated rings. The Morgan fingerprint density at radius 1 is 1.06 bits per heavy atom. The Morgan fingerprint density at radius 2 is 1.70 bits per heavy atom. The molecule has 9 heteroatoms. The van der Waals surface area contributed by atoms with E-state index in [9.17, 15) is 18.0 Å². The summed E-state index contributed by atoms with van der Waals surface area (Å²) in [6.45, 7) is 6.92. The molecule has 0 aliphatic heterocycles. The predicted octanol–water partition coefficient (Wildman–Crippen LogP) is 3.40. The van der Waals surface area contributed by atoms with E-state index in [-0.39, 0.29) is 18.5 Å². The van der Waals surface area contributed by atoms with Crippen LogP contribution in [-0.4, -0.2) is 56.6 Å². The third-order valence-corrected chi connectivity index (χ3v) is 6.55. The molecule has 0 aliphatic rings. The van der Waals surface area contributed by atoms with Crippen molar-refractivity contribution >= 4 is 39.1 Å². The fourth-order valence-corrected chi connectivity index (χ4v) is 4.60. The second-order valence-electron chi connectivity index (χ2n) is 8.36. The molecule has 1 atom stereocenters. The van der Waals surface area contributed by atoms with Gasteiger partial charge in [-0.3, -0.25) is 13.9 Å². The first-order chi connectivity index (χ1) is 15.4. The molecular formula is C24H32ClN3O4S. The van der Waals surface area contributed by atoms with Gasteiger partial charge >= 0.3 is 0 Å². The zero-order valence-electron chi connectivity index (χ0n) is 19.7. The van der Waals surface area contributed by atoms with E-state index in [0.29, 0.717) is 22.7 Å². The second-order valence-corrected chi connectivity index (χ2v) is 10.7. The van der Waals surface area contributed by atoms with Crippen LogP contribution in [-0.2, 0) is 26.0 Å². The molecule has 0 saturated heterocycles. The number of benzene rings is 2. The summed E-state index contributed by atoms with van der Waals surface area (Å²) < 4.78 is 26.3. The summed E-state index contributed by atoms with van der Waals surface area (Å²) in [5.74, 6) is -0.753. The Kier molecular flexibility index (Phi) is 9.31. The molecule has 7 nitrogen and oxygen atoms in total. The standard InChI is InChI=1S/C24H32ClN3O4S/c1-17(2)26-24(30)19(4)27(14-13-20-9-7-6-8-10-20)23(29)16-28(33(5,31)32)22-12-11-21(25)15-18(22)3/h6-12,15,17,19H,13-14,16H2,1-5H3,(H,26,30). The maximum Gasteiger partial charge on any atom is 0.244 e. The normalized spacial score (nSPS) is 12.3. The lowest BCUT2D eigenvalue weighted by Gasteiger charge is -2.32. The van der Waals surface area contributed by atoms with Crippen LogP contribution in [0.5, 0.6) is 0 Å². The van der Waals surface area contributed by atoms with Gasteiger partial charge in [0.2, 0.25) is 21.8 Å². The highest BCUT2D eigenvalue weighted by Gasteiger charge is 2.30. The van der Waals surface area contributed by atoms with E-state index >= 15 is 0 Å². The summed E-state index contributed by atoms with van der Waals surface area (Å²) in [5, 5.41) is 3.30. The number of rotatable bonds is 10. The molecule has 2 aromatic rings. The number of nitrogens with zero attached hydrogens (tertiary/aromatic N) is 2. The van der Waals surface area contributed by atoms with Gasteiger partial charge in [-0.25, -0.2) is 8.42 Å². The van der Waals surface area contributed by atoms with Crippen molar-refractivity contribution in [2.24, 2.45) is 0 Å². The zero-order valence-corrected chi connectivity index (χ0v) is 21.3. The molecule has 0 spiro atoms. The second kappa shape index (κ2) is 11.5. The Bertz CT molecular complexity index is 1070. The summed E-state index contributed by atoms with van der Waals surface area (Å²) in [6, 6.07) is 13.6. The van der Waals surface area contributed by atoms with E-state index in [0.717, 1.165) is 16.1 Å². The first-order valence-corrected chi connectivity index (χ1v) is 13.0. The van der Waals surface area contributed by atoms with Crippen LogP contribution in [0.2, 0.25) is 5.02 Å². The Labute approximate surface area is 201 Å². The van der Waals surface area contributed by atoms with Crippen molar-refractivity contribution in [3.8, 4) is 0 Å². The predicted molar refractivity (Wildman–Crippen MR) is 133 cm³/mol. The van der Waals surface area contributed by atoms with E-state index in [2.05, 4.69) is 5.32 Å². The van der Waals surface area contributed by atoms with E-state index in [4.69, 9.17) is 11.6 Å². The lowest BCUT2D eigenvalue weighted by atomic mass is 10.1. The van der Waals surface area contributed by atoms with Gasteiger partial charge in [-0.15, -0.1) is 0 Å². The first kappa shape index (κ1) is 26.7. The maximum absolute atomic E-state index is 13.4. The molecule has 2 aromatic carbocycles. The smallest absolute Gasteiger partial charge is 0.244 e. The molecule has 1 N–H and O–H groups in total. The molecule has 1 unspecified atom stereocenters. The molecule has 0 aromatic heterocycles. The monoisotopic (exact) mass is 493 g/mol. The number of sulfonamides is 1. The first-order valence-electron chi connectivity index (χ1n) is 10.8. The number of carbonyl (C=O) groups excluding carboxylic acids is 2. The summed E-state index contributed by atoms with van der Waals surface area (Å²) in [7, 11) is -3.77. The molecule has 0 aliphatic carbocycles. The van der Waals surface area contributed by atoms with Gasteiger partial charge in [-0.2, -0.15) is 0 Å². The Balaban J connectivity index is 2.34. The quantitative estimate of drug-likeness (QED) is 0.549. The topological polar surface area (TPSA) is 86.8 Å². The number of carbonyl (C=O) groups is 2. The summed E-state index contributed by atoms with van der Waals surface area (Å²) >= 11 is 6.02. The van der Waals surface area contributed by atoms with Gasteiger partial charge in [-0.1, -0.05) is 41.9 Å². The average molecular weight is 494 g/mol. The summed E-state index contributed by atoms with van der Waals surface area (Å²) in [5.41, 5.74) is 2.01. The van der Waals surface area contributed by atoms with E-state index in [1.165, 1.54) is 4.90 Å². The Hall–Kier alpha value is -2.58. The number of halogens is 1. The van der Waals surface area contributed by atoms with Gasteiger partial charge in [0.15, 0.2) is 0 Å². The molecule has 2 amide bonds. The van der Waals surface area contributed by atoms with Gasteiger partial charge < -0.3 is 10.2 Å². The van der Waals surface area contributed by atoms with Crippen LogP contribution in [0.25, 0.3) is 0 Å². The lowest BCUT2D eigenvalue weighted by molar-refractivity contribution is -0.139. The molecule has 0 bridgehead atoms. The third kappa shape index (κ3) is 7.75. The maximum atomic E-state index is 13.4. The van der Waals surface area contributed by atoms with Crippen molar-refractivity contribution in [3.05, 3.63) is 64.7 Å². The van der Waals surface area contributed by atoms with Gasteiger partial charge in [0.25, 0.3) is 0 Å². The molecule has 33 heavy (non-hydrogen) atoms. The minimum atomic E-state index is -3.77. The number of hydrogen-bond acceptors (Lipinski definition) is 4. The van der Waals surface area contributed by atoms with Crippen molar-refractivity contribution in [2.75, 3.05) is 23.7 Å². The fraction of sp³-hybridized carbons (Fsp3) is 0.417. The van der Waals surface area contributed by atoms with Crippen LogP contribution in [0.1, 0.15) is 31.9 Å². The van der Waals surface area contributed by atoms with Crippen LogP contribution < -0.4 is 9.62 Å². The van der Waals surface area contributed by atoms with Crippen molar-refractivity contribution in [2.45, 2.75) is 46.2 Å². The average Bonchev–Trinajstić information content (AvgIpc) is 2.72. The largest absolute Gasteiger partial charge is 0.352 e. The van der Waals surface area contributed by atoms with Crippen LogP contribution in [0.15, 0.2) is 48.5 Å². The zero-order chi connectivity index (χ0) is 24.8. The van der Waals surface area contributed by atoms with Crippen LogP contribution in [0, 0.1) is 6.92 Å². The van der Waals surface area contributed by atoms with Crippen LogP contribution in [0.3, 0.4) is 0 Å². The van der Waals surface area contributed by atoms with Gasteiger partial charge in [0.05, 0.1) is 11.9 Å². The van der Waals surface area contributed by atoms with Crippen LogP contribution in [0.4, 0.5) is 5.69 Å².